The van der Waals surface area contributed by atoms with E-state index >= 15 is 0 Å². The predicted octanol–water partition coefficient (Wildman–Crippen LogP) is 1.93. The van der Waals surface area contributed by atoms with Crippen molar-refractivity contribution in [2.24, 2.45) is 0 Å². The second-order valence-corrected chi connectivity index (χ2v) is 4.94. The number of hydrogen-bond donors (Lipinski definition) is 0. The molecule has 0 fully saturated rings. The fraction of sp³-hybridized carbons (Fsp3) is 0.500. The van der Waals surface area contributed by atoms with Gasteiger partial charge in [-0.05, 0) is 39.8 Å². The minimum Gasteiger partial charge on any atom is -0.309 e. The van der Waals surface area contributed by atoms with E-state index in [1.165, 1.54) is 0 Å². The molecule has 1 rings (SSSR count). The van der Waals surface area contributed by atoms with E-state index < -0.39 is 0 Å². The third-order valence-corrected chi connectivity index (χ3v) is 2.63. The van der Waals surface area contributed by atoms with Crippen LogP contribution >= 0.6 is 0 Å². The molecule has 0 aliphatic carbocycles. The minimum atomic E-state index is 0.443. The van der Waals surface area contributed by atoms with E-state index in [0.717, 1.165) is 24.3 Å². The summed E-state index contributed by atoms with van der Waals surface area (Å²) in [4.78, 5) is 8.94. The zero-order valence-electron chi connectivity index (χ0n) is 11.3. The van der Waals surface area contributed by atoms with Crippen LogP contribution in [0.5, 0.6) is 0 Å². The molecule has 1 heterocycles. The summed E-state index contributed by atoms with van der Waals surface area (Å²) in [6, 6.07) is 4.18. The van der Waals surface area contributed by atoms with E-state index in [1.807, 2.05) is 12.3 Å². The standard InChI is InChI=1S/C14H23N3/c1-6-12-7-8-14(15-9-12)13(10-16(2)3)11-17(4)5/h6-9,13H,1,10-11H2,2-5H3. The molecule has 0 saturated heterocycles. The molecule has 0 spiro atoms. The average molecular weight is 233 g/mol. The van der Waals surface area contributed by atoms with E-state index in [2.05, 4.69) is 61.7 Å². The molecule has 3 nitrogen and oxygen atoms in total. The maximum absolute atomic E-state index is 4.53. The number of aromatic nitrogens is 1. The minimum absolute atomic E-state index is 0.443. The summed E-state index contributed by atoms with van der Waals surface area (Å²) in [5.74, 6) is 0.443. The fourth-order valence-electron chi connectivity index (χ4n) is 1.91. The van der Waals surface area contributed by atoms with Gasteiger partial charge in [0.25, 0.3) is 0 Å². The number of hydrogen-bond acceptors (Lipinski definition) is 3. The highest BCUT2D eigenvalue weighted by Gasteiger charge is 2.14. The van der Waals surface area contributed by atoms with Gasteiger partial charge >= 0.3 is 0 Å². The lowest BCUT2D eigenvalue weighted by Crippen LogP contribution is -2.29. The molecule has 0 atom stereocenters. The Labute approximate surface area is 105 Å². The second-order valence-electron chi connectivity index (χ2n) is 4.94. The van der Waals surface area contributed by atoms with Gasteiger partial charge in [0.1, 0.15) is 0 Å². The maximum Gasteiger partial charge on any atom is 0.0460 e. The first-order valence-electron chi connectivity index (χ1n) is 5.90. The van der Waals surface area contributed by atoms with Gasteiger partial charge in [0.05, 0.1) is 0 Å². The van der Waals surface area contributed by atoms with Gasteiger partial charge < -0.3 is 9.80 Å². The fourth-order valence-corrected chi connectivity index (χ4v) is 1.91. The van der Waals surface area contributed by atoms with Crippen LogP contribution in [-0.4, -0.2) is 56.1 Å². The van der Waals surface area contributed by atoms with Crippen molar-refractivity contribution in [1.82, 2.24) is 14.8 Å². The topological polar surface area (TPSA) is 19.4 Å². The predicted molar refractivity (Wildman–Crippen MR) is 74.2 cm³/mol. The Hall–Kier alpha value is -1.19. The molecular formula is C14H23N3. The molecule has 0 bridgehead atoms. The van der Waals surface area contributed by atoms with E-state index in [0.29, 0.717) is 5.92 Å². The molecule has 0 aromatic carbocycles. The molecule has 0 radical (unpaired) electrons. The Kier molecular flexibility index (Phi) is 5.32. The van der Waals surface area contributed by atoms with Crippen LogP contribution in [-0.2, 0) is 0 Å². The van der Waals surface area contributed by atoms with Crippen molar-refractivity contribution in [3.05, 3.63) is 36.2 Å². The lowest BCUT2D eigenvalue weighted by Gasteiger charge is -2.23. The quantitative estimate of drug-likeness (QED) is 0.748. The third kappa shape index (κ3) is 4.67. The normalized spacial score (nSPS) is 11.5. The number of rotatable bonds is 6. The first-order chi connectivity index (χ1) is 8.02. The lowest BCUT2D eigenvalue weighted by atomic mass is 10.0. The third-order valence-electron chi connectivity index (χ3n) is 2.63. The molecule has 0 amide bonds. The van der Waals surface area contributed by atoms with Crippen molar-refractivity contribution in [2.45, 2.75) is 5.92 Å². The zero-order chi connectivity index (χ0) is 12.8. The van der Waals surface area contributed by atoms with Crippen molar-refractivity contribution in [3.8, 4) is 0 Å². The lowest BCUT2D eigenvalue weighted by molar-refractivity contribution is 0.304. The number of likely N-dealkylation sites (N-methyl/N-ethyl adjacent to an activating group) is 2. The summed E-state index contributed by atoms with van der Waals surface area (Å²) in [5.41, 5.74) is 2.22. The van der Waals surface area contributed by atoms with Crippen LogP contribution in [0.25, 0.3) is 6.08 Å². The number of nitrogens with zero attached hydrogens (tertiary/aromatic N) is 3. The van der Waals surface area contributed by atoms with Crippen molar-refractivity contribution < 1.29 is 0 Å². The molecule has 94 valence electrons. The van der Waals surface area contributed by atoms with Crippen molar-refractivity contribution in [2.75, 3.05) is 41.3 Å². The van der Waals surface area contributed by atoms with Crippen LogP contribution in [0.3, 0.4) is 0 Å². The largest absolute Gasteiger partial charge is 0.309 e. The van der Waals surface area contributed by atoms with E-state index in [-0.39, 0.29) is 0 Å². The monoisotopic (exact) mass is 233 g/mol. The Morgan fingerprint density at radius 2 is 1.76 bits per heavy atom. The molecule has 0 aliphatic rings. The van der Waals surface area contributed by atoms with E-state index in [4.69, 9.17) is 0 Å². The van der Waals surface area contributed by atoms with Crippen molar-refractivity contribution in [1.29, 1.82) is 0 Å². The molecule has 17 heavy (non-hydrogen) atoms. The first kappa shape index (κ1) is 13.9. The van der Waals surface area contributed by atoms with Gasteiger partial charge in [0.15, 0.2) is 0 Å². The van der Waals surface area contributed by atoms with Crippen molar-refractivity contribution >= 4 is 6.08 Å². The maximum atomic E-state index is 4.53. The van der Waals surface area contributed by atoms with Crippen LogP contribution in [0.15, 0.2) is 24.9 Å². The van der Waals surface area contributed by atoms with E-state index in [1.54, 1.807) is 0 Å². The van der Waals surface area contributed by atoms with Crippen LogP contribution in [0.4, 0.5) is 0 Å². The highest BCUT2D eigenvalue weighted by Crippen LogP contribution is 2.15. The molecule has 0 unspecified atom stereocenters. The Balaban J connectivity index is 2.83. The molecule has 0 N–H and O–H groups in total. The van der Waals surface area contributed by atoms with Crippen LogP contribution < -0.4 is 0 Å². The summed E-state index contributed by atoms with van der Waals surface area (Å²) in [6.07, 6.45) is 3.71. The highest BCUT2D eigenvalue weighted by atomic mass is 15.1. The Morgan fingerprint density at radius 1 is 1.18 bits per heavy atom. The molecule has 0 saturated carbocycles. The summed E-state index contributed by atoms with van der Waals surface area (Å²) in [6.45, 7) is 5.77. The van der Waals surface area contributed by atoms with Gasteiger partial charge in [0.2, 0.25) is 0 Å². The summed E-state index contributed by atoms with van der Waals surface area (Å²) < 4.78 is 0. The van der Waals surface area contributed by atoms with Gasteiger partial charge in [-0.1, -0.05) is 18.7 Å². The summed E-state index contributed by atoms with van der Waals surface area (Å²) in [7, 11) is 8.39. The second kappa shape index (κ2) is 6.52. The Bertz CT molecular complexity index is 331. The van der Waals surface area contributed by atoms with Crippen LogP contribution in [0.1, 0.15) is 17.2 Å². The van der Waals surface area contributed by atoms with E-state index in [9.17, 15) is 0 Å². The molecular weight excluding hydrogens is 210 g/mol. The molecule has 3 heteroatoms. The van der Waals surface area contributed by atoms with Crippen molar-refractivity contribution in [3.63, 3.8) is 0 Å². The SMILES string of the molecule is C=Cc1ccc(C(CN(C)C)CN(C)C)nc1. The van der Waals surface area contributed by atoms with Gasteiger partial charge in [-0.25, -0.2) is 0 Å². The molecule has 1 aromatic rings. The smallest absolute Gasteiger partial charge is 0.0460 e. The Morgan fingerprint density at radius 3 is 2.12 bits per heavy atom. The highest BCUT2D eigenvalue weighted by molar-refractivity contribution is 5.45. The van der Waals surface area contributed by atoms with Gasteiger partial charge in [-0.2, -0.15) is 0 Å². The summed E-state index contributed by atoms with van der Waals surface area (Å²) >= 11 is 0. The van der Waals surface area contributed by atoms with Crippen LogP contribution in [0.2, 0.25) is 0 Å². The first-order valence-corrected chi connectivity index (χ1v) is 5.90. The van der Waals surface area contributed by atoms with Crippen LogP contribution in [0, 0.1) is 0 Å². The summed E-state index contributed by atoms with van der Waals surface area (Å²) in [5, 5.41) is 0. The van der Waals surface area contributed by atoms with Gasteiger partial charge in [0, 0.05) is 30.9 Å². The van der Waals surface area contributed by atoms with Gasteiger partial charge in [-0.3, -0.25) is 4.98 Å². The number of pyridine rings is 1. The average Bonchev–Trinajstić information content (AvgIpc) is 2.27. The zero-order valence-corrected chi connectivity index (χ0v) is 11.3. The van der Waals surface area contributed by atoms with Gasteiger partial charge in [-0.15, -0.1) is 0 Å². The molecule has 1 aromatic heterocycles. The molecule has 0 aliphatic heterocycles.